The van der Waals surface area contributed by atoms with Gasteiger partial charge in [-0.1, -0.05) is 12.1 Å². The Kier molecular flexibility index (Phi) is 4.93. The number of rotatable bonds is 5. The van der Waals surface area contributed by atoms with Gasteiger partial charge in [-0.05, 0) is 49.3 Å². The highest BCUT2D eigenvalue weighted by molar-refractivity contribution is 5.95. The van der Waals surface area contributed by atoms with E-state index in [-0.39, 0.29) is 5.91 Å². The molecule has 1 aliphatic carbocycles. The zero-order chi connectivity index (χ0) is 13.7. The van der Waals surface area contributed by atoms with Crippen molar-refractivity contribution in [3.8, 4) is 0 Å². The smallest absolute Gasteiger partial charge is 0.241 e. The molecule has 1 unspecified atom stereocenters. The van der Waals surface area contributed by atoms with E-state index < -0.39 is 6.04 Å². The Bertz CT molecular complexity index is 446. The fraction of sp³-hybridized carbons (Fsp3) is 0.533. The van der Waals surface area contributed by atoms with Gasteiger partial charge in [0.25, 0.3) is 0 Å². The Balaban J connectivity index is 2.04. The maximum atomic E-state index is 12.0. The SMILES string of the molecule is COCCC(N)C(=O)Nc1cccc2c1CCCC2. The number of benzene rings is 1. The highest BCUT2D eigenvalue weighted by Crippen LogP contribution is 2.27. The molecule has 0 bridgehead atoms. The summed E-state index contributed by atoms with van der Waals surface area (Å²) >= 11 is 0. The summed E-state index contributed by atoms with van der Waals surface area (Å²) in [6, 6.07) is 5.60. The third-order valence-corrected chi connectivity index (χ3v) is 3.62. The summed E-state index contributed by atoms with van der Waals surface area (Å²) in [5, 5.41) is 2.96. The molecule has 104 valence electrons. The standard InChI is InChI=1S/C15H22N2O2/c1-19-10-9-13(16)15(18)17-14-8-4-6-11-5-2-3-7-12(11)14/h4,6,8,13H,2-3,5,7,9-10,16H2,1H3,(H,17,18). The lowest BCUT2D eigenvalue weighted by Gasteiger charge is -2.20. The molecule has 3 N–H and O–H groups in total. The van der Waals surface area contributed by atoms with E-state index >= 15 is 0 Å². The van der Waals surface area contributed by atoms with Gasteiger partial charge < -0.3 is 15.8 Å². The predicted octanol–water partition coefficient (Wildman–Crippen LogP) is 1.87. The molecular weight excluding hydrogens is 240 g/mol. The van der Waals surface area contributed by atoms with Crippen LogP contribution in [0.15, 0.2) is 18.2 Å². The Hall–Kier alpha value is -1.39. The van der Waals surface area contributed by atoms with Crippen LogP contribution in [0, 0.1) is 0 Å². The third-order valence-electron chi connectivity index (χ3n) is 3.62. The first kappa shape index (κ1) is 14.0. The quantitative estimate of drug-likeness (QED) is 0.851. The minimum atomic E-state index is -0.514. The molecular formula is C15H22N2O2. The topological polar surface area (TPSA) is 64.3 Å². The number of methoxy groups -OCH3 is 1. The number of anilines is 1. The number of aryl methyl sites for hydroxylation is 1. The molecule has 1 atom stereocenters. The van der Waals surface area contributed by atoms with E-state index in [0.29, 0.717) is 13.0 Å². The van der Waals surface area contributed by atoms with Gasteiger partial charge in [0, 0.05) is 19.4 Å². The second-order valence-electron chi connectivity index (χ2n) is 5.03. The molecule has 1 aromatic rings. The first-order valence-corrected chi connectivity index (χ1v) is 6.88. The average molecular weight is 262 g/mol. The highest BCUT2D eigenvalue weighted by atomic mass is 16.5. The van der Waals surface area contributed by atoms with Crippen LogP contribution >= 0.6 is 0 Å². The summed E-state index contributed by atoms with van der Waals surface area (Å²) in [7, 11) is 1.61. The Labute approximate surface area is 114 Å². The van der Waals surface area contributed by atoms with Crippen molar-refractivity contribution in [1.29, 1.82) is 0 Å². The van der Waals surface area contributed by atoms with Gasteiger partial charge in [-0.3, -0.25) is 4.79 Å². The van der Waals surface area contributed by atoms with Gasteiger partial charge in [-0.15, -0.1) is 0 Å². The number of amides is 1. The molecule has 2 rings (SSSR count). The van der Waals surface area contributed by atoms with Crippen molar-refractivity contribution >= 4 is 11.6 Å². The second kappa shape index (κ2) is 6.68. The maximum absolute atomic E-state index is 12.0. The number of hydrogen-bond donors (Lipinski definition) is 2. The minimum Gasteiger partial charge on any atom is -0.385 e. The number of nitrogens with one attached hydrogen (secondary N) is 1. The van der Waals surface area contributed by atoms with E-state index in [9.17, 15) is 4.79 Å². The third kappa shape index (κ3) is 3.55. The van der Waals surface area contributed by atoms with Crippen molar-refractivity contribution in [2.24, 2.45) is 5.73 Å². The second-order valence-corrected chi connectivity index (χ2v) is 5.03. The molecule has 19 heavy (non-hydrogen) atoms. The summed E-state index contributed by atoms with van der Waals surface area (Å²) in [4.78, 5) is 12.0. The van der Waals surface area contributed by atoms with Crippen molar-refractivity contribution < 1.29 is 9.53 Å². The molecule has 0 aliphatic heterocycles. The molecule has 1 amide bonds. The van der Waals surface area contributed by atoms with Gasteiger partial charge >= 0.3 is 0 Å². The molecule has 0 spiro atoms. The van der Waals surface area contributed by atoms with Crippen molar-refractivity contribution in [2.75, 3.05) is 19.0 Å². The Morgan fingerprint density at radius 1 is 1.42 bits per heavy atom. The molecule has 1 aromatic carbocycles. The first-order chi connectivity index (χ1) is 9.22. The largest absolute Gasteiger partial charge is 0.385 e. The molecule has 0 fully saturated rings. The summed E-state index contributed by atoms with van der Waals surface area (Å²) in [6.45, 7) is 0.501. The van der Waals surface area contributed by atoms with E-state index in [2.05, 4.69) is 11.4 Å². The zero-order valence-corrected chi connectivity index (χ0v) is 11.4. The van der Waals surface area contributed by atoms with E-state index in [4.69, 9.17) is 10.5 Å². The van der Waals surface area contributed by atoms with Crippen LogP contribution in [0.5, 0.6) is 0 Å². The molecule has 0 heterocycles. The van der Waals surface area contributed by atoms with Crippen LogP contribution in [0.1, 0.15) is 30.4 Å². The molecule has 0 radical (unpaired) electrons. The molecule has 0 aromatic heterocycles. The number of hydrogen-bond acceptors (Lipinski definition) is 3. The average Bonchev–Trinajstić information content (AvgIpc) is 2.45. The van der Waals surface area contributed by atoms with Gasteiger partial charge in [0.05, 0.1) is 6.04 Å². The van der Waals surface area contributed by atoms with E-state index in [1.807, 2.05) is 12.1 Å². The van der Waals surface area contributed by atoms with Crippen LogP contribution < -0.4 is 11.1 Å². The number of fused-ring (bicyclic) bond motifs is 1. The van der Waals surface area contributed by atoms with Crippen molar-refractivity contribution in [1.82, 2.24) is 0 Å². The highest BCUT2D eigenvalue weighted by Gasteiger charge is 2.17. The normalized spacial score (nSPS) is 15.7. The van der Waals surface area contributed by atoms with Crippen LogP contribution in [0.4, 0.5) is 5.69 Å². The molecule has 1 aliphatic rings. The number of carbonyl (C=O) groups excluding carboxylic acids is 1. The fourth-order valence-corrected chi connectivity index (χ4v) is 2.50. The minimum absolute atomic E-state index is 0.129. The van der Waals surface area contributed by atoms with E-state index in [1.54, 1.807) is 7.11 Å². The van der Waals surface area contributed by atoms with Gasteiger partial charge in [-0.2, -0.15) is 0 Å². The fourth-order valence-electron chi connectivity index (χ4n) is 2.50. The number of nitrogens with two attached hydrogens (primary N) is 1. The van der Waals surface area contributed by atoms with Crippen molar-refractivity contribution in [3.63, 3.8) is 0 Å². The monoisotopic (exact) mass is 262 g/mol. The Morgan fingerprint density at radius 2 is 2.21 bits per heavy atom. The van der Waals surface area contributed by atoms with Crippen molar-refractivity contribution in [3.05, 3.63) is 29.3 Å². The lowest BCUT2D eigenvalue weighted by Crippen LogP contribution is -2.36. The van der Waals surface area contributed by atoms with Gasteiger partial charge in [0.1, 0.15) is 0 Å². The lowest BCUT2D eigenvalue weighted by molar-refractivity contribution is -0.117. The van der Waals surface area contributed by atoms with Crippen molar-refractivity contribution in [2.45, 2.75) is 38.1 Å². The number of ether oxygens (including phenoxy) is 1. The number of carbonyl (C=O) groups is 1. The zero-order valence-electron chi connectivity index (χ0n) is 11.4. The van der Waals surface area contributed by atoms with Crippen LogP contribution in [0.2, 0.25) is 0 Å². The summed E-state index contributed by atoms with van der Waals surface area (Å²) in [5.74, 6) is -0.129. The molecule has 4 nitrogen and oxygen atoms in total. The van der Waals surface area contributed by atoms with Crippen LogP contribution in [0.3, 0.4) is 0 Å². The predicted molar refractivity (Wildman–Crippen MR) is 76.2 cm³/mol. The van der Waals surface area contributed by atoms with E-state index in [0.717, 1.165) is 18.5 Å². The first-order valence-electron chi connectivity index (χ1n) is 6.88. The lowest BCUT2D eigenvalue weighted by atomic mass is 9.90. The molecule has 4 heteroatoms. The van der Waals surface area contributed by atoms with Gasteiger partial charge in [0.2, 0.25) is 5.91 Å². The summed E-state index contributed by atoms with van der Waals surface area (Å²) in [6.07, 6.45) is 5.11. The van der Waals surface area contributed by atoms with Crippen LogP contribution in [0.25, 0.3) is 0 Å². The summed E-state index contributed by atoms with van der Waals surface area (Å²) < 4.78 is 4.94. The van der Waals surface area contributed by atoms with Crippen LogP contribution in [-0.4, -0.2) is 25.7 Å². The van der Waals surface area contributed by atoms with Crippen LogP contribution in [-0.2, 0) is 22.4 Å². The van der Waals surface area contributed by atoms with Gasteiger partial charge in [-0.25, -0.2) is 0 Å². The van der Waals surface area contributed by atoms with Gasteiger partial charge in [0.15, 0.2) is 0 Å². The molecule has 0 saturated carbocycles. The summed E-state index contributed by atoms with van der Waals surface area (Å²) in [5.41, 5.74) is 9.40. The maximum Gasteiger partial charge on any atom is 0.241 e. The molecule has 0 saturated heterocycles. The Morgan fingerprint density at radius 3 is 3.00 bits per heavy atom. The van der Waals surface area contributed by atoms with E-state index in [1.165, 1.54) is 24.0 Å².